The van der Waals surface area contributed by atoms with Crippen LogP contribution < -0.4 is 0 Å². The Bertz CT molecular complexity index is 805. The first kappa shape index (κ1) is 18.2. The number of carbonyl (C=O) groups is 1. The van der Waals surface area contributed by atoms with Gasteiger partial charge in [0.25, 0.3) is 0 Å². The summed E-state index contributed by atoms with van der Waals surface area (Å²) < 4.78 is 13.6. The van der Waals surface area contributed by atoms with E-state index < -0.39 is 5.79 Å². The minimum absolute atomic E-state index is 0.0157. The van der Waals surface area contributed by atoms with Gasteiger partial charge in [-0.3, -0.25) is 4.79 Å². The summed E-state index contributed by atoms with van der Waals surface area (Å²) in [6, 6.07) is 8.34. The third-order valence-electron chi connectivity index (χ3n) is 5.46. The summed E-state index contributed by atoms with van der Waals surface area (Å²) in [6.45, 7) is 5.32. The molecule has 0 spiro atoms. The Hall–Kier alpha value is -2.18. The van der Waals surface area contributed by atoms with Crippen LogP contribution in [0.4, 0.5) is 0 Å². The lowest BCUT2D eigenvalue weighted by Crippen LogP contribution is -2.42. The first-order valence-electron chi connectivity index (χ1n) is 9.55. The van der Waals surface area contributed by atoms with Crippen molar-refractivity contribution < 1.29 is 14.3 Å². The third-order valence-corrected chi connectivity index (χ3v) is 5.46. The molecule has 2 heterocycles. The van der Waals surface area contributed by atoms with Gasteiger partial charge in [-0.05, 0) is 37.8 Å². The minimum Gasteiger partial charge on any atom is -0.348 e. The summed E-state index contributed by atoms with van der Waals surface area (Å²) in [5.74, 6) is 0.434. The number of rotatable bonds is 5. The van der Waals surface area contributed by atoms with Crippen LogP contribution in [0.3, 0.4) is 0 Å². The van der Waals surface area contributed by atoms with E-state index in [0.717, 1.165) is 18.7 Å². The highest BCUT2D eigenvalue weighted by atomic mass is 16.7. The van der Waals surface area contributed by atoms with Gasteiger partial charge in [-0.25, -0.2) is 4.98 Å². The molecule has 2 aromatic rings. The van der Waals surface area contributed by atoms with Gasteiger partial charge in [0.15, 0.2) is 5.79 Å². The van der Waals surface area contributed by atoms with Crippen molar-refractivity contribution in [1.29, 1.82) is 0 Å². The van der Waals surface area contributed by atoms with E-state index >= 15 is 0 Å². The molecule has 1 unspecified atom stereocenters. The number of carbonyl (C=O) groups excluding carboxylic acids is 1. The van der Waals surface area contributed by atoms with Gasteiger partial charge in [0.05, 0.1) is 13.2 Å². The first-order valence-corrected chi connectivity index (χ1v) is 9.55. The van der Waals surface area contributed by atoms with E-state index in [2.05, 4.69) is 17.1 Å². The molecule has 2 aliphatic rings. The summed E-state index contributed by atoms with van der Waals surface area (Å²) in [5.41, 5.74) is 2.57. The number of fused-ring (bicyclic) bond motifs is 1. The average molecular weight is 369 g/mol. The molecule has 1 aromatic carbocycles. The number of hydrogen-bond acceptors (Lipinski definition) is 4. The molecule has 6 heteroatoms. The van der Waals surface area contributed by atoms with Crippen LogP contribution in [-0.2, 0) is 40.7 Å². The van der Waals surface area contributed by atoms with E-state index in [0.29, 0.717) is 19.7 Å². The van der Waals surface area contributed by atoms with Crippen molar-refractivity contribution in [2.24, 2.45) is 13.0 Å². The lowest BCUT2D eigenvalue weighted by atomic mass is 10.0. The Morgan fingerprint density at radius 3 is 2.56 bits per heavy atom. The lowest BCUT2D eigenvalue weighted by molar-refractivity contribution is -0.148. The standard InChI is InChI=1S/C21H27N3O3/c1-21(2)26-14-18(27-21)12-24(13-19-22-8-9-23(19)3)20(25)17-10-15-6-4-5-7-16(15)11-17/h4-9,17-18H,10-14H2,1-3H3. The van der Waals surface area contributed by atoms with E-state index in [4.69, 9.17) is 9.47 Å². The average Bonchev–Trinajstić information content (AvgIpc) is 3.32. The van der Waals surface area contributed by atoms with Crippen LogP contribution in [0, 0.1) is 5.92 Å². The van der Waals surface area contributed by atoms with Gasteiger partial charge < -0.3 is 18.9 Å². The van der Waals surface area contributed by atoms with Gasteiger partial charge in [0.2, 0.25) is 5.91 Å². The Balaban J connectivity index is 1.50. The maximum atomic E-state index is 13.4. The number of benzene rings is 1. The number of ether oxygens (including phenoxy) is 2. The van der Waals surface area contributed by atoms with Crippen LogP contribution in [-0.4, -0.2) is 45.4 Å². The van der Waals surface area contributed by atoms with Crippen molar-refractivity contribution >= 4 is 5.91 Å². The molecule has 6 nitrogen and oxygen atoms in total. The van der Waals surface area contributed by atoms with E-state index in [1.807, 2.05) is 48.7 Å². The van der Waals surface area contributed by atoms with Gasteiger partial charge in [-0.1, -0.05) is 24.3 Å². The highest BCUT2D eigenvalue weighted by molar-refractivity contribution is 5.80. The molecular weight excluding hydrogens is 342 g/mol. The topological polar surface area (TPSA) is 56.6 Å². The summed E-state index contributed by atoms with van der Waals surface area (Å²) in [6.07, 6.45) is 5.16. The Labute approximate surface area is 160 Å². The third kappa shape index (κ3) is 3.92. The fraction of sp³-hybridized carbons (Fsp3) is 0.524. The van der Waals surface area contributed by atoms with E-state index in [1.54, 1.807) is 6.20 Å². The van der Waals surface area contributed by atoms with Crippen molar-refractivity contribution in [1.82, 2.24) is 14.5 Å². The molecule has 1 aliphatic carbocycles. The van der Waals surface area contributed by atoms with Gasteiger partial charge in [-0.15, -0.1) is 0 Å². The number of hydrogen-bond donors (Lipinski definition) is 0. The maximum Gasteiger partial charge on any atom is 0.226 e. The molecule has 0 N–H and O–H groups in total. The largest absolute Gasteiger partial charge is 0.348 e. The summed E-state index contributed by atoms with van der Waals surface area (Å²) in [5, 5.41) is 0. The van der Waals surface area contributed by atoms with Crippen LogP contribution in [0.1, 0.15) is 30.8 Å². The second-order valence-corrected chi connectivity index (χ2v) is 8.00. The van der Waals surface area contributed by atoms with Gasteiger partial charge >= 0.3 is 0 Å². The molecule has 0 radical (unpaired) electrons. The molecule has 1 fully saturated rings. The summed E-state index contributed by atoms with van der Waals surface area (Å²) in [7, 11) is 1.95. The van der Waals surface area contributed by atoms with Crippen LogP contribution >= 0.6 is 0 Å². The first-order chi connectivity index (χ1) is 12.9. The normalized spacial score (nSPS) is 21.4. The molecule has 0 saturated carbocycles. The number of aryl methyl sites for hydroxylation is 1. The molecule has 1 amide bonds. The zero-order valence-electron chi connectivity index (χ0n) is 16.2. The number of aromatic nitrogens is 2. The molecule has 1 aromatic heterocycles. The molecule has 27 heavy (non-hydrogen) atoms. The molecule has 1 atom stereocenters. The Morgan fingerprint density at radius 1 is 1.30 bits per heavy atom. The van der Waals surface area contributed by atoms with Crippen LogP contribution in [0.2, 0.25) is 0 Å². The second kappa shape index (κ2) is 7.09. The number of amides is 1. The van der Waals surface area contributed by atoms with E-state index in [1.165, 1.54) is 11.1 Å². The summed E-state index contributed by atoms with van der Waals surface area (Å²) >= 11 is 0. The van der Waals surface area contributed by atoms with Crippen LogP contribution in [0.25, 0.3) is 0 Å². The maximum absolute atomic E-state index is 13.4. The lowest BCUT2D eigenvalue weighted by Gasteiger charge is -2.28. The van der Waals surface area contributed by atoms with Crippen molar-refractivity contribution in [2.45, 2.75) is 45.1 Å². The monoisotopic (exact) mass is 369 g/mol. The zero-order chi connectivity index (χ0) is 19.0. The predicted octanol–water partition coefficient (Wildman–Crippen LogP) is 2.32. The van der Waals surface area contributed by atoms with Gasteiger partial charge in [0.1, 0.15) is 11.9 Å². The van der Waals surface area contributed by atoms with Crippen LogP contribution in [0.15, 0.2) is 36.7 Å². The smallest absolute Gasteiger partial charge is 0.226 e. The molecule has 1 aliphatic heterocycles. The van der Waals surface area contributed by atoms with Gasteiger partial charge in [0, 0.05) is 31.9 Å². The Kier molecular flexibility index (Phi) is 4.78. The molecule has 0 bridgehead atoms. The Morgan fingerprint density at radius 2 is 2.00 bits per heavy atom. The fourth-order valence-corrected chi connectivity index (χ4v) is 4.04. The highest BCUT2D eigenvalue weighted by Crippen LogP contribution is 2.29. The SMILES string of the molecule is Cn1ccnc1CN(CC1COC(C)(C)O1)C(=O)C1Cc2ccccc2C1. The van der Waals surface area contributed by atoms with Gasteiger partial charge in [-0.2, -0.15) is 0 Å². The zero-order valence-corrected chi connectivity index (χ0v) is 16.2. The number of nitrogens with zero attached hydrogens (tertiary/aromatic N) is 3. The quantitative estimate of drug-likeness (QED) is 0.812. The highest BCUT2D eigenvalue weighted by Gasteiger charge is 2.37. The van der Waals surface area contributed by atoms with Crippen molar-refractivity contribution in [3.05, 3.63) is 53.6 Å². The summed E-state index contributed by atoms with van der Waals surface area (Å²) in [4.78, 5) is 19.7. The van der Waals surface area contributed by atoms with Crippen molar-refractivity contribution in [3.8, 4) is 0 Å². The van der Waals surface area contributed by atoms with Crippen LogP contribution in [0.5, 0.6) is 0 Å². The molecule has 4 rings (SSSR count). The molecule has 1 saturated heterocycles. The minimum atomic E-state index is -0.591. The fourth-order valence-electron chi connectivity index (χ4n) is 4.04. The van der Waals surface area contributed by atoms with Crippen molar-refractivity contribution in [3.63, 3.8) is 0 Å². The predicted molar refractivity (Wildman–Crippen MR) is 101 cm³/mol. The van der Waals surface area contributed by atoms with Crippen molar-refractivity contribution in [2.75, 3.05) is 13.2 Å². The number of imidazole rings is 1. The molecular formula is C21H27N3O3. The molecule has 144 valence electrons. The van der Waals surface area contributed by atoms with E-state index in [9.17, 15) is 4.79 Å². The van der Waals surface area contributed by atoms with E-state index in [-0.39, 0.29) is 17.9 Å². The second-order valence-electron chi connectivity index (χ2n) is 8.00.